The lowest BCUT2D eigenvalue weighted by Crippen LogP contribution is -2.34. The second-order valence-corrected chi connectivity index (χ2v) is 2.96. The van der Waals surface area contributed by atoms with Crippen LogP contribution >= 0.6 is 0 Å². The molecule has 68 valence electrons. The first-order valence-corrected chi connectivity index (χ1v) is 4.15. The predicted octanol–water partition coefficient (Wildman–Crippen LogP) is 1.28. The van der Waals surface area contributed by atoms with E-state index in [0.29, 0.717) is 13.2 Å². The Morgan fingerprint density at radius 2 is 2.58 bits per heavy atom. The SMILES string of the molecule is C=CC(=O)OC1(CC)CCOC1. The largest absolute Gasteiger partial charge is 0.453 e. The molecule has 0 N–H and O–H groups in total. The van der Waals surface area contributed by atoms with Crippen molar-refractivity contribution in [3.05, 3.63) is 12.7 Å². The van der Waals surface area contributed by atoms with Crippen molar-refractivity contribution in [1.82, 2.24) is 0 Å². The maximum atomic E-state index is 10.9. The van der Waals surface area contributed by atoms with Crippen molar-refractivity contribution in [2.24, 2.45) is 0 Å². The van der Waals surface area contributed by atoms with Crippen LogP contribution in [0.2, 0.25) is 0 Å². The average Bonchev–Trinajstić information content (AvgIpc) is 2.54. The molecule has 1 unspecified atom stereocenters. The first-order valence-electron chi connectivity index (χ1n) is 4.15. The normalized spacial score (nSPS) is 28.4. The Kier molecular flexibility index (Phi) is 2.87. The van der Waals surface area contributed by atoms with Gasteiger partial charge >= 0.3 is 5.97 Å². The molecule has 12 heavy (non-hydrogen) atoms. The highest BCUT2D eigenvalue weighted by Crippen LogP contribution is 2.26. The molecule has 1 heterocycles. The highest BCUT2D eigenvalue weighted by molar-refractivity contribution is 5.81. The van der Waals surface area contributed by atoms with E-state index >= 15 is 0 Å². The van der Waals surface area contributed by atoms with E-state index < -0.39 is 0 Å². The summed E-state index contributed by atoms with van der Waals surface area (Å²) in [4.78, 5) is 10.9. The molecule has 0 aliphatic carbocycles. The van der Waals surface area contributed by atoms with Gasteiger partial charge < -0.3 is 9.47 Å². The minimum Gasteiger partial charge on any atom is -0.453 e. The van der Waals surface area contributed by atoms with Crippen molar-refractivity contribution >= 4 is 5.97 Å². The second kappa shape index (κ2) is 3.72. The zero-order valence-corrected chi connectivity index (χ0v) is 7.34. The van der Waals surface area contributed by atoms with Gasteiger partial charge in [0.15, 0.2) is 0 Å². The van der Waals surface area contributed by atoms with Gasteiger partial charge in [-0.15, -0.1) is 0 Å². The van der Waals surface area contributed by atoms with E-state index in [4.69, 9.17) is 9.47 Å². The van der Waals surface area contributed by atoms with Crippen molar-refractivity contribution in [2.75, 3.05) is 13.2 Å². The lowest BCUT2D eigenvalue weighted by Gasteiger charge is -2.24. The number of rotatable bonds is 3. The van der Waals surface area contributed by atoms with Gasteiger partial charge in [-0.1, -0.05) is 13.5 Å². The van der Waals surface area contributed by atoms with Crippen LogP contribution in [0.3, 0.4) is 0 Å². The van der Waals surface area contributed by atoms with Gasteiger partial charge in [0, 0.05) is 12.5 Å². The number of ether oxygens (including phenoxy) is 2. The summed E-state index contributed by atoms with van der Waals surface area (Å²) < 4.78 is 10.4. The summed E-state index contributed by atoms with van der Waals surface area (Å²) in [6.45, 7) is 6.54. The monoisotopic (exact) mass is 170 g/mol. The molecule has 1 saturated heterocycles. The fraction of sp³-hybridized carbons (Fsp3) is 0.667. The van der Waals surface area contributed by atoms with Crippen molar-refractivity contribution in [2.45, 2.75) is 25.4 Å². The third kappa shape index (κ3) is 1.85. The van der Waals surface area contributed by atoms with Gasteiger partial charge in [-0.2, -0.15) is 0 Å². The van der Waals surface area contributed by atoms with Gasteiger partial charge in [0.1, 0.15) is 5.60 Å². The fourth-order valence-electron chi connectivity index (χ4n) is 1.28. The number of carbonyl (C=O) groups is 1. The zero-order valence-electron chi connectivity index (χ0n) is 7.34. The molecule has 0 aromatic heterocycles. The summed E-state index contributed by atoms with van der Waals surface area (Å²) >= 11 is 0. The Morgan fingerprint density at radius 1 is 1.83 bits per heavy atom. The first kappa shape index (κ1) is 9.26. The molecule has 1 fully saturated rings. The van der Waals surface area contributed by atoms with Gasteiger partial charge in [0.05, 0.1) is 13.2 Å². The minimum atomic E-state index is -0.384. The van der Waals surface area contributed by atoms with Crippen molar-refractivity contribution < 1.29 is 14.3 Å². The molecule has 3 heteroatoms. The van der Waals surface area contributed by atoms with Crippen LogP contribution in [-0.2, 0) is 14.3 Å². The van der Waals surface area contributed by atoms with Crippen LogP contribution in [0.1, 0.15) is 19.8 Å². The molecule has 0 radical (unpaired) electrons. The van der Waals surface area contributed by atoms with Gasteiger partial charge in [0.25, 0.3) is 0 Å². The van der Waals surface area contributed by atoms with Gasteiger partial charge in [-0.25, -0.2) is 4.79 Å². The van der Waals surface area contributed by atoms with Crippen molar-refractivity contribution in [1.29, 1.82) is 0 Å². The third-order valence-electron chi connectivity index (χ3n) is 2.20. The molecule has 0 aromatic rings. The van der Waals surface area contributed by atoms with Crippen LogP contribution < -0.4 is 0 Å². The minimum absolute atomic E-state index is 0.359. The molecular weight excluding hydrogens is 156 g/mol. The molecule has 0 spiro atoms. The lowest BCUT2D eigenvalue weighted by atomic mass is 10.00. The maximum Gasteiger partial charge on any atom is 0.330 e. The Labute approximate surface area is 72.4 Å². The molecular formula is C9H14O3. The number of hydrogen-bond acceptors (Lipinski definition) is 3. The Hall–Kier alpha value is -0.830. The Balaban J connectivity index is 2.54. The Morgan fingerprint density at radius 3 is 3.00 bits per heavy atom. The summed E-state index contributed by atoms with van der Waals surface area (Å²) in [6.07, 6.45) is 2.78. The predicted molar refractivity (Wildman–Crippen MR) is 44.7 cm³/mol. The van der Waals surface area contributed by atoms with Crippen LogP contribution in [0, 0.1) is 0 Å². The standard InChI is InChI=1S/C9H14O3/c1-3-8(10)12-9(4-2)5-6-11-7-9/h3H,1,4-7H2,2H3. The number of carbonyl (C=O) groups excluding carboxylic acids is 1. The van der Waals surface area contributed by atoms with Crippen LogP contribution in [0.5, 0.6) is 0 Å². The molecule has 0 saturated carbocycles. The van der Waals surface area contributed by atoms with E-state index in [2.05, 4.69) is 6.58 Å². The smallest absolute Gasteiger partial charge is 0.330 e. The fourth-order valence-corrected chi connectivity index (χ4v) is 1.28. The van der Waals surface area contributed by atoms with E-state index in [-0.39, 0.29) is 11.6 Å². The number of esters is 1. The quantitative estimate of drug-likeness (QED) is 0.473. The van der Waals surface area contributed by atoms with E-state index in [1.807, 2.05) is 6.92 Å². The average molecular weight is 170 g/mol. The van der Waals surface area contributed by atoms with Crippen LogP contribution in [-0.4, -0.2) is 24.8 Å². The second-order valence-electron chi connectivity index (χ2n) is 2.96. The molecule has 1 atom stereocenters. The van der Waals surface area contributed by atoms with Crippen LogP contribution in [0.15, 0.2) is 12.7 Å². The van der Waals surface area contributed by atoms with E-state index in [9.17, 15) is 4.79 Å². The van der Waals surface area contributed by atoms with Crippen molar-refractivity contribution in [3.8, 4) is 0 Å². The Bertz CT molecular complexity index is 180. The van der Waals surface area contributed by atoms with Crippen LogP contribution in [0.4, 0.5) is 0 Å². The van der Waals surface area contributed by atoms with E-state index in [1.165, 1.54) is 6.08 Å². The van der Waals surface area contributed by atoms with Crippen LogP contribution in [0.25, 0.3) is 0 Å². The summed E-state index contributed by atoms with van der Waals surface area (Å²) in [5.74, 6) is -0.359. The van der Waals surface area contributed by atoms with Gasteiger partial charge in [-0.05, 0) is 6.42 Å². The van der Waals surface area contributed by atoms with E-state index in [1.54, 1.807) is 0 Å². The topological polar surface area (TPSA) is 35.5 Å². The lowest BCUT2D eigenvalue weighted by molar-refractivity contribution is -0.153. The highest BCUT2D eigenvalue weighted by Gasteiger charge is 2.36. The molecule has 0 amide bonds. The molecule has 1 aliphatic rings. The van der Waals surface area contributed by atoms with Gasteiger partial charge in [-0.3, -0.25) is 0 Å². The van der Waals surface area contributed by atoms with Crippen molar-refractivity contribution in [3.63, 3.8) is 0 Å². The molecule has 0 aromatic carbocycles. The zero-order chi connectivity index (χ0) is 9.03. The summed E-state index contributed by atoms with van der Waals surface area (Å²) in [5, 5.41) is 0. The molecule has 1 aliphatic heterocycles. The molecule has 1 rings (SSSR count). The molecule has 3 nitrogen and oxygen atoms in total. The maximum absolute atomic E-state index is 10.9. The van der Waals surface area contributed by atoms with E-state index in [0.717, 1.165) is 12.8 Å². The summed E-state index contributed by atoms with van der Waals surface area (Å²) in [5.41, 5.74) is -0.384. The molecule has 0 bridgehead atoms. The number of hydrogen-bond donors (Lipinski definition) is 0. The third-order valence-corrected chi connectivity index (χ3v) is 2.20. The first-order chi connectivity index (χ1) is 5.72. The van der Waals surface area contributed by atoms with Gasteiger partial charge in [0.2, 0.25) is 0 Å². The summed E-state index contributed by atoms with van der Waals surface area (Å²) in [6, 6.07) is 0. The summed E-state index contributed by atoms with van der Waals surface area (Å²) in [7, 11) is 0. The highest BCUT2D eigenvalue weighted by atomic mass is 16.6.